The molecule has 2 aliphatic rings. The van der Waals surface area contributed by atoms with Gasteiger partial charge in [0.25, 0.3) is 0 Å². The van der Waals surface area contributed by atoms with Gasteiger partial charge >= 0.3 is 11.9 Å². The number of carbonyl (C=O) groups is 2. The van der Waals surface area contributed by atoms with E-state index in [1.165, 1.54) is 0 Å². The molecule has 31 heavy (non-hydrogen) atoms. The molecule has 2 saturated heterocycles. The van der Waals surface area contributed by atoms with E-state index in [1.54, 1.807) is 0 Å². The van der Waals surface area contributed by atoms with Crippen LogP contribution in [0.3, 0.4) is 0 Å². The van der Waals surface area contributed by atoms with Gasteiger partial charge in [-0.25, -0.2) is 0 Å². The van der Waals surface area contributed by atoms with Gasteiger partial charge in [-0.3, -0.25) is 9.59 Å². The fourth-order valence-corrected chi connectivity index (χ4v) is 3.61. The van der Waals surface area contributed by atoms with Crippen molar-refractivity contribution >= 4 is 11.9 Å². The van der Waals surface area contributed by atoms with Crippen molar-refractivity contribution in [3.05, 3.63) is 0 Å². The van der Waals surface area contributed by atoms with Crippen molar-refractivity contribution in [1.29, 1.82) is 0 Å². The number of hydrogen-bond donors (Lipinski definition) is 6. The van der Waals surface area contributed by atoms with Crippen LogP contribution in [0.4, 0.5) is 0 Å². The number of rotatable bonds is 8. The highest BCUT2D eigenvalue weighted by Crippen LogP contribution is 2.32. The molecular formula is C18H30O13. The molecule has 2 aliphatic heterocycles. The minimum Gasteiger partial charge on any atom is -0.457 e. The fourth-order valence-electron chi connectivity index (χ4n) is 3.61. The summed E-state index contributed by atoms with van der Waals surface area (Å²) in [6, 6.07) is 0. The molecule has 0 spiro atoms. The monoisotopic (exact) mass is 454 g/mol. The van der Waals surface area contributed by atoms with Gasteiger partial charge in [0.2, 0.25) is 0 Å². The van der Waals surface area contributed by atoms with E-state index in [4.69, 9.17) is 28.8 Å². The molecule has 2 heterocycles. The lowest BCUT2D eigenvalue weighted by Gasteiger charge is -2.46. The van der Waals surface area contributed by atoms with Crippen LogP contribution >= 0.6 is 0 Å². The van der Waals surface area contributed by atoms with E-state index in [2.05, 4.69) is 0 Å². The zero-order chi connectivity index (χ0) is 23.3. The average Bonchev–Trinajstić information content (AvgIpc) is 2.68. The summed E-state index contributed by atoms with van der Waals surface area (Å²) in [4.78, 5) is 22.9. The molecular weight excluding hydrogens is 424 g/mol. The van der Waals surface area contributed by atoms with E-state index in [0.717, 1.165) is 13.8 Å². The van der Waals surface area contributed by atoms with Gasteiger partial charge in [-0.05, 0) is 12.8 Å². The molecule has 13 nitrogen and oxygen atoms in total. The molecule has 180 valence electrons. The van der Waals surface area contributed by atoms with Crippen LogP contribution in [0.1, 0.15) is 26.7 Å². The minimum absolute atomic E-state index is 0.0825. The van der Waals surface area contributed by atoms with Crippen LogP contribution in [-0.2, 0) is 33.3 Å². The van der Waals surface area contributed by atoms with Gasteiger partial charge < -0.3 is 54.3 Å². The second kappa shape index (κ2) is 11.4. The van der Waals surface area contributed by atoms with Crippen LogP contribution in [0.2, 0.25) is 0 Å². The van der Waals surface area contributed by atoms with Gasteiger partial charge in [0.05, 0.1) is 12.2 Å². The number of aliphatic hydroxyl groups excluding tert-OH is 6. The van der Waals surface area contributed by atoms with E-state index >= 15 is 0 Å². The average molecular weight is 454 g/mol. The zero-order valence-corrected chi connectivity index (χ0v) is 17.1. The molecule has 0 aromatic heterocycles. The van der Waals surface area contributed by atoms with Crippen LogP contribution < -0.4 is 0 Å². The predicted octanol–water partition coefficient (Wildman–Crippen LogP) is -3.48. The summed E-state index contributed by atoms with van der Waals surface area (Å²) >= 11 is 0. The molecule has 0 aliphatic carbocycles. The Morgan fingerprint density at radius 2 is 1.23 bits per heavy atom. The van der Waals surface area contributed by atoms with Gasteiger partial charge in [-0.2, -0.15) is 0 Å². The van der Waals surface area contributed by atoms with Crippen molar-refractivity contribution in [3.63, 3.8) is 0 Å². The third-order valence-corrected chi connectivity index (χ3v) is 5.00. The molecule has 0 amide bonds. The van der Waals surface area contributed by atoms with Gasteiger partial charge in [0, 0.05) is 27.1 Å². The molecule has 6 N–H and O–H groups in total. The minimum atomic E-state index is -1.73. The van der Waals surface area contributed by atoms with Crippen molar-refractivity contribution in [3.8, 4) is 0 Å². The number of ether oxygens (including phenoxy) is 5. The Morgan fingerprint density at radius 3 is 1.74 bits per heavy atom. The van der Waals surface area contributed by atoms with E-state index < -0.39 is 80.0 Å². The second-order valence-corrected chi connectivity index (χ2v) is 7.35. The molecule has 0 saturated carbocycles. The standard InChI is InChI=1S/C18H30O13/c1-7(21)27-14-11(23)10(4-6-20)30-18(13(14)25)31-15-12(24)9(3-5-19)29-17(26)16(15)28-8(2)22/h9-20,23-26H,3-6H2,1-2H3/t9-,10-,11-,12-,13+,14+,15+,16+,17-,18+/m1/s1. The Hall–Kier alpha value is -1.42. The third-order valence-electron chi connectivity index (χ3n) is 5.00. The molecule has 0 aromatic carbocycles. The Morgan fingerprint density at radius 1 is 0.742 bits per heavy atom. The summed E-state index contributed by atoms with van der Waals surface area (Å²) in [5, 5.41) is 60.2. The lowest BCUT2D eigenvalue weighted by molar-refractivity contribution is -0.354. The SMILES string of the molecule is CC(=O)O[C@@H]1[C@H](O)[C@H](O[C@H]2[C@H](O)[C@@H](CCO)O[C@@H](O)[C@H]2OC(C)=O)O[C@H](CCO)[C@H]1O. The summed E-state index contributed by atoms with van der Waals surface area (Å²) in [5.41, 5.74) is 0. The maximum atomic E-state index is 11.5. The quantitative estimate of drug-likeness (QED) is 0.198. The third kappa shape index (κ3) is 6.31. The molecule has 0 aromatic rings. The number of aliphatic hydroxyl groups is 6. The molecule has 0 bridgehead atoms. The van der Waals surface area contributed by atoms with Gasteiger partial charge in [0.1, 0.15) is 24.4 Å². The summed E-state index contributed by atoms with van der Waals surface area (Å²) in [7, 11) is 0. The van der Waals surface area contributed by atoms with E-state index in [-0.39, 0.29) is 19.4 Å². The van der Waals surface area contributed by atoms with E-state index in [1.807, 2.05) is 0 Å². The first kappa shape index (κ1) is 25.8. The van der Waals surface area contributed by atoms with Gasteiger partial charge in [-0.1, -0.05) is 0 Å². The summed E-state index contributed by atoms with van der Waals surface area (Å²) in [5.74, 6) is -1.61. The van der Waals surface area contributed by atoms with Crippen LogP contribution in [-0.4, -0.2) is 117 Å². The number of hydrogen-bond acceptors (Lipinski definition) is 13. The first-order valence-electron chi connectivity index (χ1n) is 9.85. The predicted molar refractivity (Wildman–Crippen MR) is 96.9 cm³/mol. The lowest BCUT2D eigenvalue weighted by Crippen LogP contribution is -2.65. The number of carbonyl (C=O) groups excluding carboxylic acids is 2. The van der Waals surface area contributed by atoms with Crippen LogP contribution in [0.25, 0.3) is 0 Å². The maximum absolute atomic E-state index is 11.5. The Kier molecular flexibility index (Phi) is 9.54. The first-order valence-corrected chi connectivity index (χ1v) is 9.85. The van der Waals surface area contributed by atoms with Crippen molar-refractivity contribution in [2.24, 2.45) is 0 Å². The van der Waals surface area contributed by atoms with Crippen molar-refractivity contribution < 1.29 is 63.9 Å². The topological polar surface area (TPSA) is 202 Å². The van der Waals surface area contributed by atoms with Crippen LogP contribution in [0.5, 0.6) is 0 Å². The van der Waals surface area contributed by atoms with E-state index in [0.29, 0.717) is 0 Å². The maximum Gasteiger partial charge on any atom is 0.303 e. The summed E-state index contributed by atoms with van der Waals surface area (Å²) < 4.78 is 26.3. The molecule has 0 radical (unpaired) electrons. The van der Waals surface area contributed by atoms with Crippen LogP contribution in [0, 0.1) is 0 Å². The second-order valence-electron chi connectivity index (χ2n) is 7.35. The van der Waals surface area contributed by atoms with Crippen LogP contribution in [0.15, 0.2) is 0 Å². The zero-order valence-electron chi connectivity index (χ0n) is 17.1. The Bertz CT molecular complexity index is 601. The van der Waals surface area contributed by atoms with Crippen molar-refractivity contribution in [1.82, 2.24) is 0 Å². The summed E-state index contributed by atoms with van der Waals surface area (Å²) in [6.45, 7) is 1.35. The smallest absolute Gasteiger partial charge is 0.303 e. The molecule has 13 heteroatoms. The molecule has 10 atom stereocenters. The Labute approximate surface area is 178 Å². The fraction of sp³-hybridized carbons (Fsp3) is 0.889. The molecule has 2 rings (SSSR count). The summed E-state index contributed by atoms with van der Waals surface area (Å²) in [6.07, 6.45) is -14.9. The van der Waals surface area contributed by atoms with Gasteiger partial charge in [0.15, 0.2) is 24.8 Å². The van der Waals surface area contributed by atoms with Crippen molar-refractivity contribution in [2.75, 3.05) is 13.2 Å². The highest BCUT2D eigenvalue weighted by molar-refractivity contribution is 5.66. The Balaban J connectivity index is 2.29. The van der Waals surface area contributed by atoms with Gasteiger partial charge in [-0.15, -0.1) is 0 Å². The molecule has 2 fully saturated rings. The van der Waals surface area contributed by atoms with Crippen molar-refractivity contribution in [2.45, 2.75) is 88.1 Å². The molecule has 0 unspecified atom stereocenters. The van der Waals surface area contributed by atoms with E-state index in [9.17, 15) is 35.1 Å². The lowest BCUT2D eigenvalue weighted by atomic mass is 9.94. The highest BCUT2D eigenvalue weighted by Gasteiger charge is 2.52. The normalized spacial score (nSPS) is 40.9. The highest BCUT2D eigenvalue weighted by atomic mass is 16.7. The largest absolute Gasteiger partial charge is 0.457 e. The number of esters is 2. The first-order chi connectivity index (χ1) is 14.6.